The molecule has 148 valence electrons. The number of amides is 1. The van der Waals surface area contributed by atoms with Crippen LogP contribution in [0.15, 0.2) is 48.2 Å². The van der Waals surface area contributed by atoms with Gasteiger partial charge in [-0.2, -0.15) is 0 Å². The van der Waals surface area contributed by atoms with Gasteiger partial charge in [-0.3, -0.25) is 9.69 Å². The Labute approximate surface area is 165 Å². The van der Waals surface area contributed by atoms with Crippen LogP contribution in [0.3, 0.4) is 0 Å². The van der Waals surface area contributed by atoms with Gasteiger partial charge >= 0.3 is 5.97 Å². The standard InChI is InChI=1S/C21H18N2O6/c1-29-19(27)15-10-21(28)12-4-2-3-5-13(12)22-14(18(26)23(15)20(21)22)8-11-6-7-16(24)17(25)9-11/h2-9,15,20,24-25,28H,10H2,1H3/b14-8-/t15-,20-,21+/m0/s1. The highest BCUT2D eigenvalue weighted by molar-refractivity contribution is 6.08. The van der Waals surface area contributed by atoms with Crippen molar-refractivity contribution in [3.63, 3.8) is 0 Å². The molecular formula is C21H18N2O6. The lowest BCUT2D eigenvalue weighted by Gasteiger charge is -2.26. The molecule has 5 rings (SSSR count). The van der Waals surface area contributed by atoms with E-state index < -0.39 is 29.7 Å². The minimum absolute atomic E-state index is 0.0525. The first-order valence-corrected chi connectivity index (χ1v) is 9.12. The van der Waals surface area contributed by atoms with Crippen LogP contribution in [-0.2, 0) is 19.9 Å². The maximum Gasteiger partial charge on any atom is 0.328 e. The van der Waals surface area contributed by atoms with Crippen LogP contribution in [0.4, 0.5) is 5.69 Å². The van der Waals surface area contributed by atoms with Gasteiger partial charge in [0, 0.05) is 17.7 Å². The summed E-state index contributed by atoms with van der Waals surface area (Å²) in [6.45, 7) is 0. The van der Waals surface area contributed by atoms with Crippen LogP contribution in [0, 0.1) is 0 Å². The quantitative estimate of drug-likeness (QED) is 0.400. The molecule has 0 unspecified atom stereocenters. The topological polar surface area (TPSA) is 111 Å². The highest BCUT2D eigenvalue weighted by Crippen LogP contribution is 2.57. The summed E-state index contributed by atoms with van der Waals surface area (Å²) in [6, 6.07) is 10.6. The number of carbonyl (C=O) groups is 2. The number of rotatable bonds is 2. The van der Waals surface area contributed by atoms with Gasteiger partial charge in [0.1, 0.15) is 23.5 Å². The number of nitrogens with zero attached hydrogens (tertiary/aromatic N) is 2. The van der Waals surface area contributed by atoms with Crippen LogP contribution >= 0.6 is 0 Å². The number of phenols is 2. The molecule has 8 nitrogen and oxygen atoms in total. The Morgan fingerprint density at radius 1 is 1.21 bits per heavy atom. The Bertz CT molecular complexity index is 1100. The van der Waals surface area contributed by atoms with Crippen LogP contribution in [0.2, 0.25) is 0 Å². The number of anilines is 1. The maximum absolute atomic E-state index is 13.3. The lowest BCUT2D eigenvalue weighted by molar-refractivity contribution is -0.149. The van der Waals surface area contributed by atoms with Gasteiger partial charge in [-0.15, -0.1) is 0 Å². The number of hydrogen-bond acceptors (Lipinski definition) is 7. The largest absolute Gasteiger partial charge is 0.504 e. The Hall–Kier alpha value is -3.52. The fraction of sp³-hybridized carbons (Fsp3) is 0.238. The number of aromatic hydroxyl groups is 2. The number of ether oxygens (including phenoxy) is 1. The van der Waals surface area contributed by atoms with Crippen LogP contribution in [0.25, 0.3) is 6.08 Å². The number of benzene rings is 2. The van der Waals surface area contributed by atoms with Gasteiger partial charge in [0.25, 0.3) is 5.91 Å². The van der Waals surface area contributed by atoms with E-state index in [2.05, 4.69) is 0 Å². The van der Waals surface area contributed by atoms with Crippen molar-refractivity contribution in [2.45, 2.75) is 24.2 Å². The summed E-state index contributed by atoms with van der Waals surface area (Å²) in [7, 11) is 1.25. The van der Waals surface area contributed by atoms with E-state index in [4.69, 9.17) is 4.74 Å². The Balaban J connectivity index is 1.70. The summed E-state index contributed by atoms with van der Waals surface area (Å²) in [6.07, 6.45) is 0.863. The maximum atomic E-state index is 13.3. The average molecular weight is 394 g/mol. The molecule has 2 aromatic carbocycles. The molecule has 3 N–H and O–H groups in total. The molecule has 1 amide bonds. The first kappa shape index (κ1) is 17.6. The summed E-state index contributed by atoms with van der Waals surface area (Å²) in [5, 5.41) is 30.8. The zero-order valence-corrected chi connectivity index (χ0v) is 15.4. The molecule has 3 heterocycles. The fourth-order valence-corrected chi connectivity index (χ4v) is 4.67. The first-order chi connectivity index (χ1) is 13.9. The predicted octanol–water partition coefficient (Wildman–Crippen LogP) is 1.26. The average Bonchev–Trinajstić information content (AvgIpc) is 3.27. The molecule has 0 saturated carbocycles. The molecule has 8 heteroatoms. The van der Waals surface area contributed by atoms with Crippen molar-refractivity contribution < 1.29 is 29.6 Å². The van der Waals surface area contributed by atoms with Crippen molar-refractivity contribution in [2.24, 2.45) is 0 Å². The zero-order chi connectivity index (χ0) is 20.5. The molecule has 0 aromatic heterocycles. The summed E-state index contributed by atoms with van der Waals surface area (Å²) in [4.78, 5) is 28.8. The number of fused-ring (bicyclic) bond motifs is 3. The molecule has 2 saturated heterocycles. The Morgan fingerprint density at radius 3 is 2.69 bits per heavy atom. The Kier molecular flexibility index (Phi) is 3.48. The minimum Gasteiger partial charge on any atom is -0.504 e. The van der Waals surface area contributed by atoms with E-state index in [1.807, 2.05) is 12.1 Å². The van der Waals surface area contributed by atoms with Crippen molar-refractivity contribution in [2.75, 3.05) is 12.0 Å². The van der Waals surface area contributed by atoms with Gasteiger partial charge in [-0.05, 0) is 29.8 Å². The Morgan fingerprint density at radius 2 is 1.97 bits per heavy atom. The fourth-order valence-electron chi connectivity index (χ4n) is 4.67. The van der Waals surface area contributed by atoms with Gasteiger partial charge in [0.15, 0.2) is 11.5 Å². The van der Waals surface area contributed by atoms with Crippen molar-refractivity contribution in [3.8, 4) is 11.5 Å². The number of aliphatic hydroxyl groups is 1. The lowest BCUT2D eigenvalue weighted by atomic mass is 9.91. The van der Waals surface area contributed by atoms with Crippen molar-refractivity contribution in [1.82, 2.24) is 4.90 Å². The molecule has 0 spiro atoms. The molecule has 0 aliphatic carbocycles. The monoisotopic (exact) mass is 394 g/mol. The van der Waals surface area contributed by atoms with Crippen molar-refractivity contribution in [3.05, 3.63) is 59.3 Å². The van der Waals surface area contributed by atoms with E-state index in [1.165, 1.54) is 24.1 Å². The molecule has 0 bridgehead atoms. The summed E-state index contributed by atoms with van der Waals surface area (Å²) < 4.78 is 4.87. The number of phenolic OH excluding ortho intramolecular Hbond substituents is 2. The third-order valence-electron chi connectivity index (χ3n) is 5.89. The number of carbonyl (C=O) groups excluding carboxylic acids is 2. The lowest BCUT2D eigenvalue weighted by Crippen LogP contribution is -2.45. The van der Waals surface area contributed by atoms with E-state index in [0.717, 1.165) is 0 Å². The summed E-state index contributed by atoms with van der Waals surface area (Å²) >= 11 is 0. The summed E-state index contributed by atoms with van der Waals surface area (Å²) in [5.41, 5.74) is 0.684. The SMILES string of the molecule is COC(=O)[C@@H]1C[C@@]2(O)c3ccccc3N3/C(=C\c4ccc(O)c(O)c4)C(=O)N1[C@H]32. The second kappa shape index (κ2) is 5.74. The predicted molar refractivity (Wildman–Crippen MR) is 102 cm³/mol. The van der Waals surface area contributed by atoms with Crippen molar-refractivity contribution >= 4 is 23.6 Å². The number of methoxy groups -OCH3 is 1. The smallest absolute Gasteiger partial charge is 0.328 e. The van der Waals surface area contributed by atoms with E-state index in [1.54, 1.807) is 29.2 Å². The van der Waals surface area contributed by atoms with Crippen LogP contribution in [0.1, 0.15) is 17.5 Å². The van der Waals surface area contributed by atoms with Gasteiger partial charge in [-0.1, -0.05) is 24.3 Å². The van der Waals surface area contributed by atoms with Crippen molar-refractivity contribution in [1.29, 1.82) is 0 Å². The third-order valence-corrected chi connectivity index (χ3v) is 5.89. The molecule has 3 aliphatic heterocycles. The van der Waals surface area contributed by atoms with Crippen LogP contribution in [-0.4, -0.2) is 51.4 Å². The second-order valence-corrected chi connectivity index (χ2v) is 7.42. The number of esters is 1. The highest BCUT2D eigenvalue weighted by atomic mass is 16.5. The van der Waals surface area contributed by atoms with Gasteiger partial charge < -0.3 is 25.0 Å². The van der Waals surface area contributed by atoms with E-state index in [-0.39, 0.29) is 23.6 Å². The third kappa shape index (κ3) is 2.17. The van der Waals surface area contributed by atoms with E-state index >= 15 is 0 Å². The molecule has 2 aromatic rings. The number of para-hydroxylation sites is 1. The van der Waals surface area contributed by atoms with Gasteiger partial charge in [0.2, 0.25) is 0 Å². The van der Waals surface area contributed by atoms with E-state index in [0.29, 0.717) is 16.8 Å². The zero-order valence-electron chi connectivity index (χ0n) is 15.4. The molecule has 0 radical (unpaired) electrons. The molecule has 29 heavy (non-hydrogen) atoms. The van der Waals surface area contributed by atoms with Crippen LogP contribution in [0.5, 0.6) is 11.5 Å². The second-order valence-electron chi connectivity index (χ2n) is 7.42. The van der Waals surface area contributed by atoms with Gasteiger partial charge in [0.05, 0.1) is 7.11 Å². The summed E-state index contributed by atoms with van der Waals surface area (Å²) in [5.74, 6) is -1.57. The van der Waals surface area contributed by atoms with Crippen LogP contribution < -0.4 is 4.90 Å². The highest BCUT2D eigenvalue weighted by Gasteiger charge is 2.68. The van der Waals surface area contributed by atoms with E-state index in [9.17, 15) is 24.9 Å². The van der Waals surface area contributed by atoms with Gasteiger partial charge in [-0.25, -0.2) is 4.79 Å². The molecule has 3 aliphatic rings. The molecule has 2 fully saturated rings. The first-order valence-electron chi connectivity index (χ1n) is 9.12. The molecular weight excluding hydrogens is 376 g/mol. The molecule has 3 atom stereocenters. The minimum atomic E-state index is -1.40. The normalized spacial score (nSPS) is 28.1. The number of hydrogen-bond donors (Lipinski definition) is 3.